The molecule has 2 saturated heterocycles. The molecule has 16 nitrogen and oxygen atoms in total. The number of benzene rings is 1. The topological polar surface area (TPSA) is 210 Å². The lowest BCUT2D eigenvalue weighted by Crippen LogP contribution is -2.60. The number of likely N-dealkylation sites (tertiary alicyclic amines) is 1. The van der Waals surface area contributed by atoms with E-state index in [4.69, 9.17) is 9.47 Å². The number of hydrogen-bond donors (Lipinski definition) is 4. The average Bonchev–Trinajstić information content (AvgIpc) is 4.03. The number of anilines is 2. The molecule has 5 atom stereocenters. The number of ketones is 1. The van der Waals surface area contributed by atoms with Crippen LogP contribution in [-0.4, -0.2) is 103 Å². The number of hydrogen-bond acceptors (Lipinski definition) is 11. The number of ether oxygens (including phenoxy) is 2. The van der Waals surface area contributed by atoms with E-state index in [0.717, 1.165) is 38.0 Å². The second-order valence-electron chi connectivity index (χ2n) is 17.4. The lowest BCUT2D eigenvalue weighted by molar-refractivity contribution is -0.143. The van der Waals surface area contributed by atoms with Crippen molar-refractivity contribution in [2.24, 2.45) is 11.3 Å². The molecule has 4 fully saturated rings. The van der Waals surface area contributed by atoms with Gasteiger partial charge in [-0.15, -0.1) is 6.58 Å². The predicted octanol–water partition coefficient (Wildman–Crippen LogP) is 4.01. The summed E-state index contributed by atoms with van der Waals surface area (Å²) in [6, 6.07) is 2.57. The summed E-state index contributed by atoms with van der Waals surface area (Å²) in [5.74, 6) is -3.12. The minimum absolute atomic E-state index is 0.0841. The quantitative estimate of drug-likeness (QED) is 0.175. The molecule has 308 valence electrons. The van der Waals surface area contributed by atoms with Crippen LogP contribution in [0.4, 0.5) is 21.0 Å². The van der Waals surface area contributed by atoms with E-state index in [0.29, 0.717) is 24.1 Å². The first kappa shape index (κ1) is 42.5. The molecule has 0 aromatic heterocycles. The second-order valence-corrected chi connectivity index (χ2v) is 19.3. The van der Waals surface area contributed by atoms with Gasteiger partial charge in [0.15, 0.2) is 5.78 Å². The Morgan fingerprint density at radius 3 is 2.20 bits per heavy atom. The molecule has 4 N–H and O–H groups in total. The van der Waals surface area contributed by atoms with Gasteiger partial charge < -0.3 is 29.9 Å². The van der Waals surface area contributed by atoms with Crippen LogP contribution in [0.3, 0.4) is 0 Å². The van der Waals surface area contributed by atoms with Crippen LogP contribution >= 0.6 is 0 Å². The molecule has 2 heterocycles. The van der Waals surface area contributed by atoms with Gasteiger partial charge >= 0.3 is 12.2 Å². The number of sulfonamides is 1. The minimum Gasteiger partial charge on any atom is -0.444 e. The highest BCUT2D eigenvalue weighted by Crippen LogP contribution is 2.45. The zero-order valence-corrected chi connectivity index (χ0v) is 34.2. The maximum Gasteiger partial charge on any atom is 0.412 e. The third-order valence-electron chi connectivity index (χ3n) is 10.5. The summed E-state index contributed by atoms with van der Waals surface area (Å²) in [7, 11) is -3.95. The first-order valence-corrected chi connectivity index (χ1v) is 20.8. The molecule has 0 bridgehead atoms. The lowest BCUT2D eigenvalue weighted by Gasteiger charge is -2.36. The molecular weight excluding hydrogens is 745 g/mol. The van der Waals surface area contributed by atoms with Crippen molar-refractivity contribution in [1.82, 2.24) is 20.3 Å². The Labute approximate surface area is 328 Å². The highest BCUT2D eigenvalue weighted by molar-refractivity contribution is 7.91. The second kappa shape index (κ2) is 16.1. The van der Waals surface area contributed by atoms with E-state index >= 15 is 0 Å². The normalized spacial score (nSPS) is 24.3. The highest BCUT2D eigenvalue weighted by Gasteiger charge is 2.62. The third-order valence-corrected chi connectivity index (χ3v) is 12.3. The van der Waals surface area contributed by atoms with Gasteiger partial charge in [0.2, 0.25) is 21.8 Å². The summed E-state index contributed by atoms with van der Waals surface area (Å²) in [6.07, 6.45) is 2.48. The van der Waals surface area contributed by atoms with Crippen molar-refractivity contribution in [1.29, 1.82) is 0 Å². The summed E-state index contributed by atoms with van der Waals surface area (Å²) in [5, 5.41) is 7.45. The van der Waals surface area contributed by atoms with Gasteiger partial charge in [0.1, 0.15) is 29.3 Å². The molecule has 17 heteroatoms. The summed E-state index contributed by atoms with van der Waals surface area (Å²) in [6.45, 7) is 16.7. The van der Waals surface area contributed by atoms with Gasteiger partial charge in [-0.2, -0.15) is 0 Å². The van der Waals surface area contributed by atoms with Crippen LogP contribution in [0, 0.1) is 11.3 Å². The number of nitrogens with zero attached hydrogens (tertiary/aromatic N) is 2. The smallest absolute Gasteiger partial charge is 0.412 e. The Balaban J connectivity index is 1.40. The maximum atomic E-state index is 14.5. The van der Waals surface area contributed by atoms with Crippen molar-refractivity contribution in [3.63, 3.8) is 0 Å². The molecule has 2 aliphatic heterocycles. The van der Waals surface area contributed by atoms with Gasteiger partial charge in [-0.25, -0.2) is 18.0 Å². The molecule has 2 aliphatic carbocycles. The van der Waals surface area contributed by atoms with E-state index in [9.17, 15) is 37.2 Å². The molecule has 2 saturated carbocycles. The van der Waals surface area contributed by atoms with Gasteiger partial charge in [0.25, 0.3) is 5.91 Å². The molecule has 1 aromatic carbocycles. The number of alkyl carbamates (subject to hydrolysis) is 1. The van der Waals surface area contributed by atoms with Gasteiger partial charge in [-0.1, -0.05) is 26.8 Å². The molecule has 56 heavy (non-hydrogen) atoms. The van der Waals surface area contributed by atoms with Crippen LogP contribution in [0.1, 0.15) is 104 Å². The van der Waals surface area contributed by atoms with Gasteiger partial charge in [0, 0.05) is 31.0 Å². The molecule has 5 rings (SSSR count). The predicted molar refractivity (Wildman–Crippen MR) is 208 cm³/mol. The lowest BCUT2D eigenvalue weighted by atomic mass is 9.85. The fraction of sp³-hybridized carbons (Fsp3) is 0.641. The number of Topliss-reactive ketones (excluding diaryl/α,β-unsaturated/α-hetero) is 1. The summed E-state index contributed by atoms with van der Waals surface area (Å²) >= 11 is 0. The van der Waals surface area contributed by atoms with Crippen LogP contribution in [0.25, 0.3) is 0 Å². The standard InChI is InChI=1S/C39H56N6O10S/c1-9-25-21-39(25,34(49)43-56(52,53)27-14-15-27)42-32(47)30-20-26(22-45(30)33(48)31(37(3,4)5)41-36(51)55-38(6,7)8)54-35(50)40-28-19-24(23(2)46)13-16-29(28)44-17-11-10-12-18-44/h9,13,16,19,25-27,30-31H,1,10-12,14-15,17-18,20-22H2,2-8H3,(H,40,50)(H,41,51)(H,42,47)(H,43,49)/t25?,26-,30+,31-,39?/m1/s1. The minimum atomic E-state index is -3.95. The number of nitrogens with one attached hydrogen (secondary N) is 4. The zero-order chi connectivity index (χ0) is 41.4. The van der Waals surface area contributed by atoms with Crippen molar-refractivity contribution in [2.75, 3.05) is 29.9 Å². The molecule has 0 radical (unpaired) electrons. The molecule has 2 unspecified atom stereocenters. The number of piperidine rings is 1. The molecule has 0 spiro atoms. The van der Waals surface area contributed by atoms with Crippen molar-refractivity contribution in [3.05, 3.63) is 36.4 Å². The Kier molecular flexibility index (Phi) is 12.2. The van der Waals surface area contributed by atoms with Crippen molar-refractivity contribution in [2.45, 2.75) is 128 Å². The average molecular weight is 801 g/mol. The van der Waals surface area contributed by atoms with Gasteiger partial charge in [0.05, 0.1) is 23.2 Å². The largest absolute Gasteiger partial charge is 0.444 e. The number of carbonyl (C=O) groups is 6. The Bertz CT molecular complexity index is 1860. The Morgan fingerprint density at radius 2 is 1.64 bits per heavy atom. The fourth-order valence-corrected chi connectivity index (χ4v) is 8.55. The number of amides is 5. The monoisotopic (exact) mass is 800 g/mol. The summed E-state index contributed by atoms with van der Waals surface area (Å²) in [5.41, 5.74) is -1.90. The summed E-state index contributed by atoms with van der Waals surface area (Å²) in [4.78, 5) is 84.3. The van der Waals surface area contributed by atoms with E-state index in [1.165, 1.54) is 17.9 Å². The van der Waals surface area contributed by atoms with Crippen LogP contribution in [-0.2, 0) is 33.9 Å². The fourth-order valence-electron chi connectivity index (χ4n) is 7.19. The highest BCUT2D eigenvalue weighted by atomic mass is 32.2. The van der Waals surface area contributed by atoms with E-state index < -0.39 is 85.8 Å². The Morgan fingerprint density at radius 1 is 0.982 bits per heavy atom. The van der Waals surface area contributed by atoms with Gasteiger partial charge in [-0.05, 0) is 89.8 Å². The molecular formula is C39H56N6O10S. The molecule has 1 aromatic rings. The van der Waals surface area contributed by atoms with E-state index in [-0.39, 0.29) is 25.2 Å². The maximum absolute atomic E-state index is 14.5. The first-order chi connectivity index (χ1) is 26.0. The number of rotatable bonds is 12. The Hall–Kier alpha value is -4.67. The van der Waals surface area contributed by atoms with Crippen molar-refractivity contribution >= 4 is 57.1 Å². The van der Waals surface area contributed by atoms with Crippen LogP contribution in [0.15, 0.2) is 30.9 Å². The molecule has 5 amide bonds. The first-order valence-electron chi connectivity index (χ1n) is 19.2. The van der Waals surface area contributed by atoms with Crippen molar-refractivity contribution < 1.29 is 46.7 Å². The van der Waals surface area contributed by atoms with Crippen LogP contribution < -0.4 is 25.6 Å². The van der Waals surface area contributed by atoms with E-state index in [2.05, 4.69) is 32.2 Å². The van der Waals surface area contributed by atoms with E-state index in [1.807, 2.05) is 0 Å². The van der Waals surface area contributed by atoms with Crippen LogP contribution in [0.2, 0.25) is 0 Å². The molecule has 4 aliphatic rings. The SMILES string of the molecule is C=CC1CC1(NC(=O)[C@@H]1C[C@@H](OC(=O)Nc2cc(C(C)=O)ccc2N2CCCCC2)CN1C(=O)[C@@H](NC(=O)OC(C)(C)C)C(C)(C)C)C(=O)NS(=O)(=O)C1CC1. The van der Waals surface area contributed by atoms with Crippen LogP contribution in [0.5, 0.6) is 0 Å². The van der Waals surface area contributed by atoms with E-state index in [1.54, 1.807) is 59.7 Å². The van der Waals surface area contributed by atoms with Crippen molar-refractivity contribution in [3.8, 4) is 0 Å². The third kappa shape index (κ3) is 10.0. The summed E-state index contributed by atoms with van der Waals surface area (Å²) < 4.78 is 38.8. The van der Waals surface area contributed by atoms with Gasteiger partial charge in [-0.3, -0.25) is 29.2 Å². The number of carbonyl (C=O) groups excluding carboxylic acids is 6. The zero-order valence-electron chi connectivity index (χ0n) is 33.4.